The molecule has 0 amide bonds. The number of halogens is 1. The molecule has 4 heteroatoms. The van der Waals surface area contributed by atoms with Crippen molar-refractivity contribution in [1.29, 1.82) is 0 Å². The predicted octanol–water partition coefficient (Wildman–Crippen LogP) is 1.52. The molecule has 0 saturated carbocycles. The minimum atomic E-state index is -0.364. The molecule has 0 saturated heterocycles. The Balaban J connectivity index is 2.66. The van der Waals surface area contributed by atoms with E-state index < -0.39 is 0 Å². The Hall–Kier alpha value is -0.900. The first kappa shape index (κ1) is 10.2. The molecule has 1 heterocycles. The van der Waals surface area contributed by atoms with Gasteiger partial charge in [-0.1, -0.05) is 6.92 Å². The second kappa shape index (κ2) is 4.97. The number of alkyl halides is 1. The first-order valence-corrected chi connectivity index (χ1v) is 4.57. The van der Waals surface area contributed by atoms with E-state index in [4.69, 9.17) is 0 Å². The van der Waals surface area contributed by atoms with Crippen LogP contribution in [0.4, 0.5) is 4.39 Å². The van der Waals surface area contributed by atoms with E-state index in [2.05, 4.69) is 17.3 Å². The SMILES string of the molecule is CCC(NC)c1cnn(CCF)c1. The molecular weight excluding hydrogens is 169 g/mol. The third-order valence-corrected chi connectivity index (χ3v) is 2.13. The molecule has 0 aromatic carbocycles. The molecule has 1 aromatic heterocycles. The summed E-state index contributed by atoms with van der Waals surface area (Å²) in [5.41, 5.74) is 1.12. The molecule has 0 aliphatic heterocycles. The minimum absolute atomic E-state index is 0.327. The fourth-order valence-electron chi connectivity index (χ4n) is 1.37. The Morgan fingerprint density at radius 1 is 1.69 bits per heavy atom. The second-order valence-electron chi connectivity index (χ2n) is 2.98. The fourth-order valence-corrected chi connectivity index (χ4v) is 1.37. The number of hydrogen-bond donors (Lipinski definition) is 1. The van der Waals surface area contributed by atoms with Crippen LogP contribution < -0.4 is 5.32 Å². The van der Waals surface area contributed by atoms with Gasteiger partial charge in [0.1, 0.15) is 6.67 Å². The van der Waals surface area contributed by atoms with Gasteiger partial charge in [0.25, 0.3) is 0 Å². The number of aryl methyl sites for hydroxylation is 1. The lowest BCUT2D eigenvalue weighted by atomic mass is 10.1. The van der Waals surface area contributed by atoms with Crippen molar-refractivity contribution in [2.75, 3.05) is 13.7 Å². The van der Waals surface area contributed by atoms with Crippen molar-refractivity contribution >= 4 is 0 Å². The number of aromatic nitrogens is 2. The average molecular weight is 185 g/mol. The van der Waals surface area contributed by atoms with E-state index >= 15 is 0 Å². The molecule has 0 aliphatic carbocycles. The van der Waals surface area contributed by atoms with Crippen molar-refractivity contribution < 1.29 is 4.39 Å². The lowest BCUT2D eigenvalue weighted by Gasteiger charge is -2.10. The maximum absolute atomic E-state index is 12.0. The molecule has 0 fully saturated rings. The van der Waals surface area contributed by atoms with Crippen LogP contribution in [-0.2, 0) is 6.54 Å². The van der Waals surface area contributed by atoms with Crippen LogP contribution in [0.15, 0.2) is 12.4 Å². The maximum Gasteiger partial charge on any atom is 0.109 e. The molecule has 3 nitrogen and oxygen atoms in total. The molecule has 1 rings (SSSR count). The minimum Gasteiger partial charge on any atom is -0.313 e. The van der Waals surface area contributed by atoms with Crippen LogP contribution in [0.25, 0.3) is 0 Å². The summed E-state index contributed by atoms with van der Waals surface area (Å²) >= 11 is 0. The van der Waals surface area contributed by atoms with Gasteiger partial charge in [0.15, 0.2) is 0 Å². The molecule has 1 N–H and O–H groups in total. The molecule has 74 valence electrons. The van der Waals surface area contributed by atoms with E-state index in [-0.39, 0.29) is 6.67 Å². The van der Waals surface area contributed by atoms with E-state index in [0.29, 0.717) is 12.6 Å². The van der Waals surface area contributed by atoms with Crippen LogP contribution in [-0.4, -0.2) is 23.5 Å². The maximum atomic E-state index is 12.0. The summed E-state index contributed by atoms with van der Waals surface area (Å²) in [6.07, 6.45) is 4.70. The molecule has 1 unspecified atom stereocenters. The van der Waals surface area contributed by atoms with E-state index in [9.17, 15) is 4.39 Å². The highest BCUT2D eigenvalue weighted by molar-refractivity contribution is 5.09. The van der Waals surface area contributed by atoms with E-state index in [1.165, 1.54) is 0 Å². The zero-order chi connectivity index (χ0) is 9.68. The Bertz CT molecular complexity index is 243. The zero-order valence-corrected chi connectivity index (χ0v) is 8.13. The van der Waals surface area contributed by atoms with Gasteiger partial charge < -0.3 is 5.32 Å². The van der Waals surface area contributed by atoms with Gasteiger partial charge in [-0.3, -0.25) is 4.68 Å². The highest BCUT2D eigenvalue weighted by Gasteiger charge is 2.08. The predicted molar refractivity (Wildman–Crippen MR) is 50.3 cm³/mol. The third-order valence-electron chi connectivity index (χ3n) is 2.13. The van der Waals surface area contributed by atoms with Gasteiger partial charge in [-0.25, -0.2) is 4.39 Å². The van der Waals surface area contributed by atoms with Crippen molar-refractivity contribution in [1.82, 2.24) is 15.1 Å². The number of rotatable bonds is 5. The van der Waals surface area contributed by atoms with Crippen molar-refractivity contribution in [3.05, 3.63) is 18.0 Å². The second-order valence-corrected chi connectivity index (χ2v) is 2.98. The summed E-state index contributed by atoms with van der Waals surface area (Å²) in [5.74, 6) is 0. The first-order chi connectivity index (χ1) is 6.31. The van der Waals surface area contributed by atoms with E-state index in [1.807, 2.05) is 13.2 Å². The fraction of sp³-hybridized carbons (Fsp3) is 0.667. The van der Waals surface area contributed by atoms with Crippen molar-refractivity contribution in [3.63, 3.8) is 0 Å². The molecule has 1 atom stereocenters. The van der Waals surface area contributed by atoms with Gasteiger partial charge in [-0.05, 0) is 13.5 Å². The monoisotopic (exact) mass is 185 g/mol. The van der Waals surface area contributed by atoms with Gasteiger partial charge >= 0.3 is 0 Å². The Morgan fingerprint density at radius 2 is 2.46 bits per heavy atom. The Morgan fingerprint density at radius 3 is 3.00 bits per heavy atom. The topological polar surface area (TPSA) is 29.9 Å². The Labute approximate surface area is 77.9 Å². The molecule has 0 aliphatic rings. The van der Waals surface area contributed by atoms with Crippen LogP contribution in [0.5, 0.6) is 0 Å². The standard InChI is InChI=1S/C9H16FN3/c1-3-9(11-2)8-6-12-13(7-8)5-4-10/h6-7,9,11H,3-5H2,1-2H3. The van der Waals surface area contributed by atoms with Crippen LogP contribution in [0.3, 0.4) is 0 Å². The molecule has 0 bridgehead atoms. The summed E-state index contributed by atoms with van der Waals surface area (Å²) in [5, 5.41) is 7.24. The molecule has 0 radical (unpaired) electrons. The molecule has 1 aromatic rings. The van der Waals surface area contributed by atoms with Crippen molar-refractivity contribution in [3.8, 4) is 0 Å². The summed E-state index contributed by atoms with van der Waals surface area (Å²) in [4.78, 5) is 0. The number of hydrogen-bond acceptors (Lipinski definition) is 2. The summed E-state index contributed by atoms with van der Waals surface area (Å²) in [7, 11) is 1.92. The third kappa shape index (κ3) is 2.52. The first-order valence-electron chi connectivity index (χ1n) is 4.57. The molecular formula is C9H16FN3. The zero-order valence-electron chi connectivity index (χ0n) is 8.13. The van der Waals surface area contributed by atoms with Crippen molar-refractivity contribution in [2.24, 2.45) is 0 Å². The smallest absolute Gasteiger partial charge is 0.109 e. The van der Waals surface area contributed by atoms with Crippen molar-refractivity contribution in [2.45, 2.75) is 25.9 Å². The number of nitrogens with zero attached hydrogens (tertiary/aromatic N) is 2. The lowest BCUT2D eigenvalue weighted by molar-refractivity contribution is 0.426. The molecule has 13 heavy (non-hydrogen) atoms. The normalized spacial score (nSPS) is 13.2. The molecule has 0 spiro atoms. The quantitative estimate of drug-likeness (QED) is 0.753. The highest BCUT2D eigenvalue weighted by atomic mass is 19.1. The van der Waals surface area contributed by atoms with E-state index in [0.717, 1.165) is 12.0 Å². The largest absolute Gasteiger partial charge is 0.313 e. The van der Waals surface area contributed by atoms with Crippen LogP contribution in [0, 0.1) is 0 Å². The van der Waals surface area contributed by atoms with Gasteiger partial charge in [-0.15, -0.1) is 0 Å². The van der Waals surface area contributed by atoms with Gasteiger partial charge in [0.2, 0.25) is 0 Å². The average Bonchev–Trinajstić information content (AvgIpc) is 2.56. The van der Waals surface area contributed by atoms with Gasteiger partial charge in [0.05, 0.1) is 12.7 Å². The summed E-state index contributed by atoms with van der Waals surface area (Å²) in [6, 6.07) is 0.327. The number of nitrogens with one attached hydrogen (secondary N) is 1. The highest BCUT2D eigenvalue weighted by Crippen LogP contribution is 2.14. The lowest BCUT2D eigenvalue weighted by Crippen LogP contribution is -2.14. The van der Waals surface area contributed by atoms with Gasteiger partial charge in [-0.2, -0.15) is 5.10 Å². The van der Waals surface area contributed by atoms with Gasteiger partial charge in [0, 0.05) is 17.8 Å². The van der Waals surface area contributed by atoms with Crippen LogP contribution in [0.1, 0.15) is 24.9 Å². The summed E-state index contributed by atoms with van der Waals surface area (Å²) in [6.45, 7) is 2.09. The Kier molecular flexibility index (Phi) is 3.89. The van der Waals surface area contributed by atoms with Crippen LogP contribution >= 0.6 is 0 Å². The van der Waals surface area contributed by atoms with Crippen LogP contribution in [0.2, 0.25) is 0 Å². The summed E-state index contributed by atoms with van der Waals surface area (Å²) < 4.78 is 13.6. The van der Waals surface area contributed by atoms with E-state index in [1.54, 1.807) is 10.9 Å².